The Morgan fingerprint density at radius 2 is 1.58 bits per heavy atom. The molecule has 4 aromatic rings. The lowest BCUT2D eigenvalue weighted by atomic mass is 10.1. The number of rotatable bonds is 7. The van der Waals surface area contributed by atoms with E-state index in [9.17, 15) is 12.8 Å². The zero-order valence-electron chi connectivity index (χ0n) is 16.4. The second-order valence-electron chi connectivity index (χ2n) is 6.85. The van der Waals surface area contributed by atoms with E-state index < -0.39 is 10.0 Å². The first-order valence-electron chi connectivity index (χ1n) is 9.51. The smallest absolute Gasteiger partial charge is 0.276 e. The van der Waals surface area contributed by atoms with Crippen molar-refractivity contribution in [3.8, 4) is 5.75 Å². The minimum atomic E-state index is -3.77. The van der Waals surface area contributed by atoms with Crippen LogP contribution in [0.2, 0.25) is 0 Å². The number of sulfonamides is 1. The van der Waals surface area contributed by atoms with Crippen molar-refractivity contribution in [2.24, 2.45) is 5.10 Å². The Hall–Kier alpha value is -3.71. The molecule has 31 heavy (non-hydrogen) atoms. The second-order valence-corrected chi connectivity index (χ2v) is 8.51. The Bertz CT molecular complexity index is 1320. The van der Waals surface area contributed by atoms with Crippen LogP contribution in [0.1, 0.15) is 11.1 Å². The van der Waals surface area contributed by atoms with Gasteiger partial charge in [0.2, 0.25) is 0 Å². The minimum Gasteiger partial charge on any atom is -0.489 e. The van der Waals surface area contributed by atoms with E-state index in [0.717, 1.165) is 16.3 Å². The highest BCUT2D eigenvalue weighted by Gasteiger charge is 2.13. The molecule has 4 rings (SSSR count). The summed E-state index contributed by atoms with van der Waals surface area (Å²) in [5.74, 6) is 0.349. The van der Waals surface area contributed by atoms with E-state index >= 15 is 0 Å². The summed E-state index contributed by atoms with van der Waals surface area (Å²) in [6.07, 6.45) is 1.42. The lowest BCUT2D eigenvalue weighted by Gasteiger charge is -2.07. The van der Waals surface area contributed by atoms with Crippen LogP contribution in [0.5, 0.6) is 5.75 Å². The molecule has 156 valence electrons. The molecule has 0 heterocycles. The maximum atomic E-state index is 12.9. The summed E-state index contributed by atoms with van der Waals surface area (Å²) < 4.78 is 43.6. The highest BCUT2D eigenvalue weighted by atomic mass is 32.2. The number of hydrazone groups is 1. The van der Waals surface area contributed by atoms with Crippen LogP contribution < -0.4 is 9.57 Å². The maximum absolute atomic E-state index is 12.9. The van der Waals surface area contributed by atoms with Gasteiger partial charge in [-0.3, -0.25) is 0 Å². The van der Waals surface area contributed by atoms with Crippen LogP contribution in [0.4, 0.5) is 4.39 Å². The Labute approximate surface area is 179 Å². The molecule has 0 spiro atoms. The molecule has 0 unspecified atom stereocenters. The van der Waals surface area contributed by atoms with Crippen molar-refractivity contribution in [1.29, 1.82) is 0 Å². The first-order chi connectivity index (χ1) is 15.0. The number of nitrogens with one attached hydrogen (secondary N) is 1. The van der Waals surface area contributed by atoms with E-state index in [2.05, 4.69) is 9.93 Å². The van der Waals surface area contributed by atoms with Crippen molar-refractivity contribution in [2.45, 2.75) is 11.5 Å². The predicted molar refractivity (Wildman–Crippen MR) is 119 cm³/mol. The molecule has 0 bridgehead atoms. The van der Waals surface area contributed by atoms with Crippen LogP contribution in [0.25, 0.3) is 10.8 Å². The fourth-order valence-electron chi connectivity index (χ4n) is 2.95. The van der Waals surface area contributed by atoms with Crippen LogP contribution in [0.3, 0.4) is 0 Å². The summed E-state index contributed by atoms with van der Waals surface area (Å²) in [5, 5.41) is 5.66. The lowest BCUT2D eigenvalue weighted by Crippen LogP contribution is -2.18. The first-order valence-corrected chi connectivity index (χ1v) is 11.0. The average molecular weight is 434 g/mol. The van der Waals surface area contributed by atoms with Crippen molar-refractivity contribution in [1.82, 2.24) is 4.83 Å². The molecule has 0 fully saturated rings. The zero-order valence-corrected chi connectivity index (χ0v) is 17.2. The van der Waals surface area contributed by atoms with Crippen molar-refractivity contribution in [3.05, 3.63) is 108 Å². The van der Waals surface area contributed by atoms with Crippen LogP contribution in [0, 0.1) is 5.82 Å². The number of halogens is 1. The molecule has 7 heteroatoms. The number of fused-ring (bicyclic) bond motifs is 1. The van der Waals surface area contributed by atoms with Gasteiger partial charge in [-0.15, -0.1) is 0 Å². The summed E-state index contributed by atoms with van der Waals surface area (Å²) in [4.78, 5) is 2.38. The van der Waals surface area contributed by atoms with Gasteiger partial charge in [0, 0.05) is 0 Å². The molecule has 5 nitrogen and oxygen atoms in total. The molecule has 0 aromatic heterocycles. The molecule has 4 aromatic carbocycles. The SMILES string of the molecule is O=S(=O)(N/N=C/c1ccc(OCc2ccc(F)cc2)cc1)c1ccc2ccccc2c1. The summed E-state index contributed by atoms with van der Waals surface area (Å²) in [6.45, 7) is 0.319. The summed E-state index contributed by atoms with van der Waals surface area (Å²) in [5.41, 5.74) is 1.56. The molecular formula is C24H19FN2O3S. The normalized spacial score (nSPS) is 11.6. The molecule has 0 aliphatic rings. The van der Waals surface area contributed by atoms with Gasteiger partial charge in [0.15, 0.2) is 0 Å². The maximum Gasteiger partial charge on any atom is 0.276 e. The van der Waals surface area contributed by atoms with Crippen LogP contribution in [0.15, 0.2) is 101 Å². The quantitative estimate of drug-likeness (QED) is 0.333. The van der Waals surface area contributed by atoms with Gasteiger partial charge in [0.05, 0.1) is 11.1 Å². The number of hydrogen-bond donors (Lipinski definition) is 1. The molecule has 0 saturated carbocycles. The fourth-order valence-corrected chi connectivity index (χ4v) is 3.78. The van der Waals surface area contributed by atoms with Gasteiger partial charge < -0.3 is 4.74 Å². The van der Waals surface area contributed by atoms with E-state index in [0.29, 0.717) is 17.9 Å². The van der Waals surface area contributed by atoms with Gasteiger partial charge in [-0.1, -0.05) is 42.5 Å². The van der Waals surface area contributed by atoms with Gasteiger partial charge in [-0.25, -0.2) is 9.22 Å². The fraction of sp³-hybridized carbons (Fsp3) is 0.0417. The Morgan fingerprint density at radius 1 is 0.871 bits per heavy atom. The number of hydrogen-bond acceptors (Lipinski definition) is 4. The second kappa shape index (κ2) is 8.97. The predicted octanol–water partition coefficient (Wildman–Crippen LogP) is 4.87. The van der Waals surface area contributed by atoms with E-state index in [-0.39, 0.29) is 10.7 Å². The third kappa shape index (κ3) is 5.26. The summed E-state index contributed by atoms with van der Waals surface area (Å²) in [6, 6.07) is 25.6. The van der Waals surface area contributed by atoms with Gasteiger partial charge in [-0.05, 0) is 70.4 Å². The zero-order chi connectivity index (χ0) is 21.7. The van der Waals surface area contributed by atoms with Gasteiger partial charge in [0.1, 0.15) is 18.2 Å². The van der Waals surface area contributed by atoms with Crippen molar-refractivity contribution >= 4 is 27.0 Å². The molecule has 0 radical (unpaired) electrons. The van der Waals surface area contributed by atoms with E-state index in [1.807, 2.05) is 24.3 Å². The highest BCUT2D eigenvalue weighted by Crippen LogP contribution is 2.19. The molecular weight excluding hydrogens is 415 g/mol. The van der Waals surface area contributed by atoms with Gasteiger partial charge in [-0.2, -0.15) is 13.5 Å². The topological polar surface area (TPSA) is 67.8 Å². The van der Waals surface area contributed by atoms with E-state index in [4.69, 9.17) is 4.74 Å². The van der Waals surface area contributed by atoms with Crippen LogP contribution in [-0.2, 0) is 16.6 Å². The van der Waals surface area contributed by atoms with Gasteiger partial charge in [0.25, 0.3) is 10.0 Å². The molecule has 1 N–H and O–H groups in total. The Morgan fingerprint density at radius 3 is 2.32 bits per heavy atom. The van der Waals surface area contributed by atoms with Crippen molar-refractivity contribution in [3.63, 3.8) is 0 Å². The third-order valence-electron chi connectivity index (χ3n) is 4.62. The molecule has 0 aliphatic heterocycles. The third-order valence-corrected chi connectivity index (χ3v) is 5.84. The molecule has 0 atom stereocenters. The van der Waals surface area contributed by atoms with Crippen molar-refractivity contribution < 1.29 is 17.5 Å². The molecule has 0 saturated heterocycles. The Balaban J connectivity index is 1.37. The van der Waals surface area contributed by atoms with E-state index in [1.54, 1.807) is 54.6 Å². The van der Waals surface area contributed by atoms with Crippen LogP contribution >= 0.6 is 0 Å². The highest BCUT2D eigenvalue weighted by molar-refractivity contribution is 7.89. The summed E-state index contributed by atoms with van der Waals surface area (Å²) in [7, 11) is -3.77. The van der Waals surface area contributed by atoms with Crippen LogP contribution in [-0.4, -0.2) is 14.6 Å². The first kappa shape index (κ1) is 20.6. The standard InChI is InChI=1S/C24H19FN2O3S/c25-22-10-5-19(6-11-22)17-30-23-12-7-18(8-13-23)16-26-27-31(28,29)24-14-9-20-3-1-2-4-21(20)15-24/h1-16,27H,17H2/b26-16+. The van der Waals surface area contributed by atoms with Gasteiger partial charge >= 0.3 is 0 Å². The van der Waals surface area contributed by atoms with E-state index in [1.165, 1.54) is 18.3 Å². The number of nitrogens with zero attached hydrogens (tertiary/aromatic N) is 1. The molecule has 0 aliphatic carbocycles. The largest absolute Gasteiger partial charge is 0.489 e. The van der Waals surface area contributed by atoms with Crippen molar-refractivity contribution in [2.75, 3.05) is 0 Å². The summed E-state index contributed by atoms with van der Waals surface area (Å²) >= 11 is 0. The molecule has 0 amide bonds. The monoisotopic (exact) mass is 434 g/mol. The lowest BCUT2D eigenvalue weighted by molar-refractivity contribution is 0.306. The average Bonchev–Trinajstić information content (AvgIpc) is 2.79. The minimum absolute atomic E-state index is 0.146. The number of benzene rings is 4. The Kier molecular flexibility index (Phi) is 5.95. The number of ether oxygens (including phenoxy) is 1.